The van der Waals surface area contributed by atoms with Crippen LogP contribution in [-0.2, 0) is 13.0 Å². The number of nitrogens with two attached hydrogens (primary N) is 1. The van der Waals surface area contributed by atoms with Crippen molar-refractivity contribution in [2.45, 2.75) is 26.8 Å². The maximum absolute atomic E-state index is 11.9. The quantitative estimate of drug-likeness (QED) is 0.908. The Morgan fingerprint density at radius 2 is 2.21 bits per heavy atom. The van der Waals surface area contributed by atoms with E-state index in [9.17, 15) is 4.79 Å². The second-order valence-corrected chi connectivity index (χ2v) is 5.81. The van der Waals surface area contributed by atoms with Crippen molar-refractivity contribution in [1.29, 1.82) is 0 Å². The van der Waals surface area contributed by atoms with Crippen LogP contribution in [0.1, 0.15) is 33.0 Å². The fourth-order valence-electron chi connectivity index (χ4n) is 1.48. The van der Waals surface area contributed by atoms with Gasteiger partial charge in [0.2, 0.25) is 0 Å². The molecule has 5 nitrogen and oxygen atoms in total. The third-order valence-electron chi connectivity index (χ3n) is 2.41. The molecule has 0 aliphatic heterocycles. The van der Waals surface area contributed by atoms with E-state index in [1.807, 2.05) is 13.8 Å². The van der Waals surface area contributed by atoms with Crippen LogP contribution in [0.3, 0.4) is 0 Å². The summed E-state index contributed by atoms with van der Waals surface area (Å²) in [6, 6.07) is 0. The molecule has 1 amide bonds. The molecule has 0 radical (unpaired) electrons. The molecule has 0 atom stereocenters. The lowest BCUT2D eigenvalue weighted by Crippen LogP contribution is -2.12. The standard InChI is InChI=1S/C11H14N4OS2.ClH/c1-3-7-6(2)18-11(14-7)15-10(16)8-5-17-9(4-12)13-8;/h5H,3-4,12H2,1-2H3,(H,14,15,16);1H. The van der Waals surface area contributed by atoms with Crippen LogP contribution in [0, 0.1) is 6.92 Å². The molecular formula is C11H15ClN4OS2. The fraction of sp³-hybridized carbons (Fsp3) is 0.364. The summed E-state index contributed by atoms with van der Waals surface area (Å²) in [5.41, 5.74) is 6.88. The van der Waals surface area contributed by atoms with E-state index >= 15 is 0 Å². The highest BCUT2D eigenvalue weighted by Gasteiger charge is 2.13. The van der Waals surface area contributed by atoms with Gasteiger partial charge in [0.1, 0.15) is 10.7 Å². The number of halogens is 1. The van der Waals surface area contributed by atoms with E-state index in [0.717, 1.165) is 22.0 Å². The number of nitrogens with zero attached hydrogens (tertiary/aromatic N) is 2. The van der Waals surface area contributed by atoms with Gasteiger partial charge in [0.05, 0.1) is 5.69 Å². The summed E-state index contributed by atoms with van der Waals surface area (Å²) in [6.45, 7) is 4.40. The van der Waals surface area contributed by atoms with Crippen molar-refractivity contribution in [1.82, 2.24) is 9.97 Å². The van der Waals surface area contributed by atoms with Crippen molar-refractivity contribution >= 4 is 46.1 Å². The van der Waals surface area contributed by atoms with Gasteiger partial charge in [0.25, 0.3) is 5.91 Å². The number of hydrogen-bond donors (Lipinski definition) is 2. The first-order valence-corrected chi connectivity index (χ1v) is 7.25. The lowest BCUT2D eigenvalue weighted by Gasteiger charge is -1.97. The van der Waals surface area contributed by atoms with Crippen molar-refractivity contribution in [3.63, 3.8) is 0 Å². The van der Waals surface area contributed by atoms with E-state index in [0.29, 0.717) is 17.4 Å². The van der Waals surface area contributed by atoms with E-state index in [1.165, 1.54) is 22.7 Å². The SMILES string of the molecule is CCc1nc(NC(=O)c2csc(CN)n2)sc1C.Cl. The van der Waals surface area contributed by atoms with Gasteiger partial charge in [-0.2, -0.15) is 0 Å². The minimum atomic E-state index is -0.234. The highest BCUT2D eigenvalue weighted by Crippen LogP contribution is 2.23. The van der Waals surface area contributed by atoms with Crippen molar-refractivity contribution in [2.75, 3.05) is 5.32 Å². The van der Waals surface area contributed by atoms with Gasteiger partial charge in [-0.15, -0.1) is 35.1 Å². The number of carbonyl (C=O) groups is 1. The van der Waals surface area contributed by atoms with E-state index in [4.69, 9.17) is 5.73 Å². The third kappa shape index (κ3) is 3.73. The number of anilines is 1. The molecule has 2 heterocycles. The zero-order valence-electron chi connectivity index (χ0n) is 10.6. The first kappa shape index (κ1) is 16.0. The molecule has 0 saturated heterocycles. The van der Waals surface area contributed by atoms with E-state index < -0.39 is 0 Å². The monoisotopic (exact) mass is 318 g/mol. The predicted octanol–water partition coefficient (Wildman–Crippen LogP) is 2.60. The Bertz CT molecular complexity index is 567. The van der Waals surface area contributed by atoms with Crippen molar-refractivity contribution in [3.05, 3.63) is 26.7 Å². The molecule has 0 spiro atoms. The van der Waals surface area contributed by atoms with Gasteiger partial charge in [-0.25, -0.2) is 9.97 Å². The normalized spacial score (nSPS) is 10.1. The van der Waals surface area contributed by atoms with E-state index in [1.54, 1.807) is 5.38 Å². The molecule has 2 rings (SSSR count). The topological polar surface area (TPSA) is 80.9 Å². The Kier molecular flexibility index (Phi) is 5.86. The Labute approximate surface area is 125 Å². The van der Waals surface area contributed by atoms with Gasteiger partial charge in [-0.05, 0) is 13.3 Å². The van der Waals surface area contributed by atoms with Gasteiger partial charge in [0, 0.05) is 16.8 Å². The molecule has 0 saturated carbocycles. The first-order chi connectivity index (χ1) is 8.63. The number of rotatable bonds is 4. The van der Waals surface area contributed by atoms with Gasteiger partial charge in [0.15, 0.2) is 5.13 Å². The van der Waals surface area contributed by atoms with Crippen LogP contribution in [-0.4, -0.2) is 15.9 Å². The molecule has 0 aliphatic carbocycles. The van der Waals surface area contributed by atoms with Crippen molar-refractivity contribution in [3.8, 4) is 0 Å². The smallest absolute Gasteiger partial charge is 0.276 e. The molecule has 0 bridgehead atoms. The molecular weight excluding hydrogens is 304 g/mol. The summed E-state index contributed by atoms with van der Waals surface area (Å²) in [6.07, 6.45) is 0.867. The van der Waals surface area contributed by atoms with Crippen LogP contribution in [0.5, 0.6) is 0 Å². The fourth-order valence-corrected chi connectivity index (χ4v) is 3.03. The first-order valence-electron chi connectivity index (χ1n) is 5.56. The Balaban J connectivity index is 0.00000180. The van der Waals surface area contributed by atoms with Crippen LogP contribution in [0.25, 0.3) is 0 Å². The average molecular weight is 319 g/mol. The number of carbonyl (C=O) groups excluding carboxylic acids is 1. The highest BCUT2D eigenvalue weighted by molar-refractivity contribution is 7.15. The maximum Gasteiger partial charge on any atom is 0.276 e. The average Bonchev–Trinajstić information content (AvgIpc) is 2.95. The second kappa shape index (κ2) is 6.95. The number of nitrogens with one attached hydrogen (secondary N) is 1. The summed E-state index contributed by atoms with van der Waals surface area (Å²) in [7, 11) is 0. The predicted molar refractivity (Wildman–Crippen MR) is 81.4 cm³/mol. The molecule has 3 N–H and O–H groups in total. The Morgan fingerprint density at radius 3 is 2.74 bits per heavy atom. The third-order valence-corrected chi connectivity index (χ3v) is 4.21. The number of thiazole rings is 2. The minimum absolute atomic E-state index is 0. The molecule has 2 aromatic rings. The van der Waals surface area contributed by atoms with Gasteiger partial charge in [-0.1, -0.05) is 6.92 Å². The molecule has 2 aromatic heterocycles. The van der Waals surface area contributed by atoms with Gasteiger partial charge < -0.3 is 5.73 Å². The zero-order valence-corrected chi connectivity index (χ0v) is 13.0. The van der Waals surface area contributed by atoms with Crippen LogP contribution >= 0.6 is 35.1 Å². The Hall–Kier alpha value is -1.02. The lowest BCUT2D eigenvalue weighted by atomic mass is 10.3. The summed E-state index contributed by atoms with van der Waals surface area (Å²) in [5.74, 6) is -0.234. The molecule has 0 aliphatic rings. The van der Waals surface area contributed by atoms with Crippen LogP contribution in [0.2, 0.25) is 0 Å². The zero-order chi connectivity index (χ0) is 13.1. The van der Waals surface area contributed by atoms with Gasteiger partial charge >= 0.3 is 0 Å². The molecule has 8 heteroatoms. The maximum atomic E-state index is 11.9. The molecule has 0 fully saturated rings. The van der Waals surface area contributed by atoms with E-state index in [2.05, 4.69) is 15.3 Å². The van der Waals surface area contributed by atoms with Crippen molar-refractivity contribution in [2.24, 2.45) is 5.73 Å². The van der Waals surface area contributed by atoms with Crippen LogP contribution in [0.4, 0.5) is 5.13 Å². The molecule has 104 valence electrons. The summed E-state index contributed by atoms with van der Waals surface area (Å²) in [4.78, 5) is 21.5. The number of aryl methyl sites for hydroxylation is 2. The van der Waals surface area contributed by atoms with Gasteiger partial charge in [-0.3, -0.25) is 10.1 Å². The largest absolute Gasteiger partial charge is 0.325 e. The molecule has 0 unspecified atom stereocenters. The summed E-state index contributed by atoms with van der Waals surface area (Å²) >= 11 is 2.87. The van der Waals surface area contributed by atoms with Crippen LogP contribution < -0.4 is 11.1 Å². The molecule has 0 aromatic carbocycles. The Morgan fingerprint density at radius 1 is 1.47 bits per heavy atom. The molecule has 19 heavy (non-hydrogen) atoms. The minimum Gasteiger partial charge on any atom is -0.325 e. The number of hydrogen-bond acceptors (Lipinski definition) is 6. The highest BCUT2D eigenvalue weighted by atomic mass is 35.5. The number of amides is 1. The number of aromatic nitrogens is 2. The van der Waals surface area contributed by atoms with Crippen molar-refractivity contribution < 1.29 is 4.79 Å². The van der Waals surface area contributed by atoms with Crippen LogP contribution in [0.15, 0.2) is 5.38 Å². The van der Waals surface area contributed by atoms with E-state index in [-0.39, 0.29) is 18.3 Å². The second-order valence-electron chi connectivity index (χ2n) is 3.66. The summed E-state index contributed by atoms with van der Waals surface area (Å²) in [5, 5.41) is 5.85. The lowest BCUT2D eigenvalue weighted by molar-refractivity contribution is 0.102. The summed E-state index contributed by atoms with van der Waals surface area (Å²) < 4.78 is 0.